The lowest BCUT2D eigenvalue weighted by Gasteiger charge is -2.13. The zero-order chi connectivity index (χ0) is 25.7. The van der Waals surface area contributed by atoms with E-state index in [0.717, 1.165) is 22.2 Å². The van der Waals surface area contributed by atoms with Crippen molar-refractivity contribution < 1.29 is 23.9 Å². The van der Waals surface area contributed by atoms with Gasteiger partial charge < -0.3 is 14.8 Å². The van der Waals surface area contributed by atoms with Crippen molar-refractivity contribution in [2.24, 2.45) is 0 Å². The zero-order valence-electron chi connectivity index (χ0n) is 19.6. The summed E-state index contributed by atoms with van der Waals surface area (Å²) >= 11 is 6.77. The molecule has 0 atom stereocenters. The summed E-state index contributed by atoms with van der Waals surface area (Å²) in [5.74, 6) is 0.0932. The maximum Gasteiger partial charge on any atom is 0.298 e. The van der Waals surface area contributed by atoms with Crippen LogP contribution in [0.15, 0.2) is 71.6 Å². The summed E-state index contributed by atoms with van der Waals surface area (Å²) in [4.78, 5) is 39.1. The topological polar surface area (TPSA) is 84.9 Å². The molecule has 1 fully saturated rings. The molecule has 1 N–H and O–H groups in total. The van der Waals surface area contributed by atoms with E-state index in [0.29, 0.717) is 40.1 Å². The van der Waals surface area contributed by atoms with Crippen LogP contribution in [0.1, 0.15) is 18.1 Å². The molecule has 0 aliphatic carbocycles. The molecular formula is C27H23ClN2O5S. The molecule has 9 heteroatoms. The van der Waals surface area contributed by atoms with Gasteiger partial charge >= 0.3 is 0 Å². The number of aryl methyl sites for hydroxylation is 1. The van der Waals surface area contributed by atoms with E-state index in [1.54, 1.807) is 54.6 Å². The molecular weight excluding hydrogens is 500 g/mol. The van der Waals surface area contributed by atoms with Crippen LogP contribution < -0.4 is 19.7 Å². The van der Waals surface area contributed by atoms with Crippen LogP contribution in [-0.2, 0) is 9.59 Å². The maximum atomic E-state index is 12.9. The highest BCUT2D eigenvalue weighted by Crippen LogP contribution is 2.37. The van der Waals surface area contributed by atoms with Gasteiger partial charge in [0.05, 0.1) is 17.2 Å². The molecule has 36 heavy (non-hydrogen) atoms. The Morgan fingerprint density at radius 2 is 1.81 bits per heavy atom. The minimum atomic E-state index is -0.418. The van der Waals surface area contributed by atoms with Crippen molar-refractivity contribution in [1.82, 2.24) is 0 Å². The van der Waals surface area contributed by atoms with Crippen LogP contribution in [0.3, 0.4) is 0 Å². The van der Waals surface area contributed by atoms with E-state index < -0.39 is 11.1 Å². The Labute approximate surface area is 218 Å². The first-order chi connectivity index (χ1) is 17.3. The van der Waals surface area contributed by atoms with E-state index in [-0.39, 0.29) is 17.4 Å². The summed E-state index contributed by atoms with van der Waals surface area (Å²) in [5, 5.41) is 2.92. The Bertz CT molecular complexity index is 1340. The Morgan fingerprint density at radius 3 is 2.53 bits per heavy atom. The van der Waals surface area contributed by atoms with Gasteiger partial charge in [0.15, 0.2) is 18.1 Å². The quantitative estimate of drug-likeness (QED) is 0.349. The highest BCUT2D eigenvalue weighted by Gasteiger charge is 2.36. The van der Waals surface area contributed by atoms with Crippen LogP contribution in [0.2, 0.25) is 5.02 Å². The van der Waals surface area contributed by atoms with E-state index in [2.05, 4.69) is 5.32 Å². The Balaban J connectivity index is 1.47. The van der Waals surface area contributed by atoms with Crippen molar-refractivity contribution in [2.45, 2.75) is 13.8 Å². The second-order valence-electron chi connectivity index (χ2n) is 7.84. The molecule has 0 unspecified atom stereocenters. The summed E-state index contributed by atoms with van der Waals surface area (Å²) in [6.45, 7) is 3.95. The van der Waals surface area contributed by atoms with E-state index in [1.165, 1.54) is 0 Å². The van der Waals surface area contributed by atoms with Gasteiger partial charge in [-0.25, -0.2) is 4.90 Å². The van der Waals surface area contributed by atoms with E-state index in [1.807, 2.05) is 32.0 Å². The molecule has 0 aromatic heterocycles. The van der Waals surface area contributed by atoms with Crippen molar-refractivity contribution >= 4 is 57.9 Å². The first-order valence-electron chi connectivity index (χ1n) is 11.1. The van der Waals surface area contributed by atoms with Crippen molar-refractivity contribution in [2.75, 3.05) is 23.4 Å². The van der Waals surface area contributed by atoms with Gasteiger partial charge in [-0.1, -0.05) is 29.8 Å². The van der Waals surface area contributed by atoms with Gasteiger partial charge in [0.1, 0.15) is 0 Å². The van der Waals surface area contributed by atoms with Gasteiger partial charge in [-0.05, 0) is 91.3 Å². The number of carbonyl (C=O) groups is 3. The van der Waals surface area contributed by atoms with Crippen LogP contribution >= 0.6 is 23.4 Å². The third-order valence-corrected chi connectivity index (χ3v) is 6.23. The number of rotatable bonds is 8. The van der Waals surface area contributed by atoms with Gasteiger partial charge in [0.2, 0.25) is 0 Å². The molecule has 0 spiro atoms. The number of halogens is 1. The first-order valence-corrected chi connectivity index (χ1v) is 12.3. The summed E-state index contributed by atoms with van der Waals surface area (Å²) in [6, 6.07) is 19.1. The smallest absolute Gasteiger partial charge is 0.298 e. The van der Waals surface area contributed by atoms with E-state index in [4.69, 9.17) is 21.1 Å². The fourth-order valence-corrected chi connectivity index (χ4v) is 4.46. The third-order valence-electron chi connectivity index (χ3n) is 5.10. The minimum absolute atomic E-state index is 0.201. The number of hydrogen-bond acceptors (Lipinski definition) is 6. The molecule has 3 aromatic carbocycles. The number of amides is 3. The number of nitrogens with zero attached hydrogens (tertiary/aromatic N) is 1. The molecule has 1 saturated heterocycles. The number of hydrogen-bond donors (Lipinski definition) is 1. The molecule has 1 aliphatic rings. The van der Waals surface area contributed by atoms with Gasteiger partial charge in [0, 0.05) is 10.7 Å². The zero-order valence-corrected chi connectivity index (χ0v) is 21.2. The first kappa shape index (κ1) is 25.3. The summed E-state index contributed by atoms with van der Waals surface area (Å²) in [7, 11) is 0. The third kappa shape index (κ3) is 6.08. The number of nitrogens with one attached hydrogen (secondary N) is 1. The second-order valence-corrected chi connectivity index (χ2v) is 9.27. The number of ether oxygens (including phenoxy) is 2. The molecule has 0 bridgehead atoms. The Morgan fingerprint density at radius 1 is 1.03 bits per heavy atom. The fraction of sp³-hybridized carbons (Fsp3) is 0.148. The molecule has 1 aliphatic heterocycles. The van der Waals surface area contributed by atoms with Crippen LogP contribution in [0.5, 0.6) is 11.5 Å². The van der Waals surface area contributed by atoms with E-state index in [9.17, 15) is 14.4 Å². The highest BCUT2D eigenvalue weighted by atomic mass is 35.5. The molecule has 3 aromatic rings. The van der Waals surface area contributed by atoms with Gasteiger partial charge in [-0.3, -0.25) is 14.4 Å². The molecule has 3 amide bonds. The molecule has 0 saturated carbocycles. The van der Waals surface area contributed by atoms with Gasteiger partial charge in [-0.15, -0.1) is 0 Å². The van der Waals surface area contributed by atoms with Gasteiger partial charge in [0.25, 0.3) is 17.1 Å². The summed E-state index contributed by atoms with van der Waals surface area (Å²) in [5.41, 5.74) is 2.83. The van der Waals surface area contributed by atoms with Crippen molar-refractivity contribution in [1.29, 1.82) is 0 Å². The highest BCUT2D eigenvalue weighted by molar-refractivity contribution is 8.19. The SMILES string of the molecule is CCOc1cc(/C=C2\SC(=O)N(c3ccc(Cl)cc3)C2=O)ccc1OCC(=O)Nc1cccc(C)c1. The lowest BCUT2D eigenvalue weighted by atomic mass is 10.1. The van der Waals surface area contributed by atoms with E-state index >= 15 is 0 Å². The number of thioether (sulfide) groups is 1. The molecule has 7 nitrogen and oxygen atoms in total. The van der Waals surface area contributed by atoms with Crippen LogP contribution in [-0.4, -0.2) is 30.3 Å². The monoisotopic (exact) mass is 522 g/mol. The predicted octanol–water partition coefficient (Wildman–Crippen LogP) is 6.31. The predicted molar refractivity (Wildman–Crippen MR) is 143 cm³/mol. The number of benzene rings is 3. The average molecular weight is 523 g/mol. The minimum Gasteiger partial charge on any atom is -0.490 e. The van der Waals surface area contributed by atoms with Crippen molar-refractivity contribution in [3.63, 3.8) is 0 Å². The average Bonchev–Trinajstić information content (AvgIpc) is 3.12. The largest absolute Gasteiger partial charge is 0.490 e. The van der Waals surface area contributed by atoms with Crippen molar-refractivity contribution in [3.05, 3.63) is 87.8 Å². The van der Waals surface area contributed by atoms with Crippen molar-refractivity contribution in [3.8, 4) is 11.5 Å². The molecule has 1 heterocycles. The van der Waals surface area contributed by atoms with Gasteiger partial charge in [-0.2, -0.15) is 0 Å². The Kier molecular flexibility index (Phi) is 7.97. The molecule has 4 rings (SSSR count). The van der Waals surface area contributed by atoms with Crippen LogP contribution in [0.25, 0.3) is 6.08 Å². The molecule has 184 valence electrons. The number of carbonyl (C=O) groups excluding carboxylic acids is 3. The lowest BCUT2D eigenvalue weighted by molar-refractivity contribution is -0.118. The summed E-state index contributed by atoms with van der Waals surface area (Å²) in [6.07, 6.45) is 1.62. The number of anilines is 2. The molecule has 0 radical (unpaired) electrons. The second kappa shape index (κ2) is 11.3. The lowest BCUT2D eigenvalue weighted by Crippen LogP contribution is -2.27. The normalized spacial score (nSPS) is 14.3. The van der Waals surface area contributed by atoms with Crippen LogP contribution in [0.4, 0.5) is 16.2 Å². The maximum absolute atomic E-state index is 12.9. The standard InChI is InChI=1S/C27H23ClN2O5S/c1-3-34-23-14-18(7-12-22(23)35-16-25(31)29-20-6-4-5-17(2)13-20)15-24-26(32)30(27(33)36-24)21-10-8-19(28)9-11-21/h4-15H,3,16H2,1-2H3,(H,29,31)/b24-15-. The fourth-order valence-electron chi connectivity index (χ4n) is 3.50. The Hall–Kier alpha value is -3.75. The number of imide groups is 1. The summed E-state index contributed by atoms with van der Waals surface area (Å²) < 4.78 is 11.4. The van der Waals surface area contributed by atoms with Crippen LogP contribution in [0, 0.1) is 6.92 Å².